The maximum atomic E-state index is 14.0. The van der Waals surface area contributed by atoms with Crippen molar-refractivity contribution in [1.82, 2.24) is 24.6 Å². The Balaban J connectivity index is 1.32. The predicted molar refractivity (Wildman–Crippen MR) is 143 cm³/mol. The number of aromatic nitrogens is 4. The van der Waals surface area contributed by atoms with Crippen molar-refractivity contribution in [3.8, 4) is 6.01 Å². The van der Waals surface area contributed by atoms with Gasteiger partial charge in [0, 0.05) is 43.9 Å². The monoisotopic (exact) mass is 571 g/mol. The summed E-state index contributed by atoms with van der Waals surface area (Å²) < 4.78 is 55.5. The van der Waals surface area contributed by atoms with Crippen LogP contribution in [0.2, 0.25) is 0 Å². The van der Waals surface area contributed by atoms with Crippen LogP contribution in [0.1, 0.15) is 69.5 Å². The molecule has 10 nitrogen and oxygen atoms in total. The quantitative estimate of drug-likeness (QED) is 0.467. The van der Waals surface area contributed by atoms with E-state index in [1.54, 1.807) is 0 Å². The van der Waals surface area contributed by atoms with E-state index in [4.69, 9.17) is 15.2 Å². The van der Waals surface area contributed by atoms with Gasteiger partial charge in [-0.1, -0.05) is 0 Å². The third kappa shape index (κ3) is 5.18. The van der Waals surface area contributed by atoms with Gasteiger partial charge in [0.25, 0.3) is 5.91 Å². The Morgan fingerprint density at radius 2 is 1.88 bits per heavy atom. The van der Waals surface area contributed by atoms with Gasteiger partial charge in [-0.3, -0.25) is 9.48 Å². The number of rotatable bonds is 4. The molecular weight excluding hydrogens is 539 g/mol. The number of benzene rings is 1. The highest BCUT2D eigenvalue weighted by Crippen LogP contribution is 2.43. The third-order valence-electron chi connectivity index (χ3n) is 7.99. The minimum atomic E-state index is -4.56. The normalized spacial score (nSPS) is 19.1. The van der Waals surface area contributed by atoms with Gasteiger partial charge in [-0.15, -0.1) is 0 Å². The van der Waals surface area contributed by atoms with Crippen LogP contribution in [0.25, 0.3) is 0 Å². The molecule has 0 radical (unpaired) electrons. The second-order valence-electron chi connectivity index (χ2n) is 10.8. The Kier molecular flexibility index (Phi) is 7.00. The van der Waals surface area contributed by atoms with Gasteiger partial charge in [-0.25, -0.2) is 0 Å². The lowest BCUT2D eigenvalue weighted by atomic mass is 9.92. The van der Waals surface area contributed by atoms with E-state index in [2.05, 4.69) is 20.0 Å². The summed E-state index contributed by atoms with van der Waals surface area (Å²) in [5.41, 5.74) is 8.09. The van der Waals surface area contributed by atoms with Crippen molar-refractivity contribution in [2.24, 2.45) is 0 Å². The Hall–Kier alpha value is -3.87. The predicted octanol–water partition coefficient (Wildman–Crippen LogP) is 4.05. The number of carbonyl (C=O) groups excluding carboxylic acids is 1. The number of halogens is 3. The molecule has 1 fully saturated rings. The molecule has 3 aliphatic rings. The topological polar surface area (TPSA) is 112 Å². The van der Waals surface area contributed by atoms with Crippen molar-refractivity contribution >= 4 is 17.4 Å². The van der Waals surface area contributed by atoms with Crippen LogP contribution in [0.5, 0.6) is 6.01 Å². The Bertz CT molecular complexity index is 1480. The average Bonchev–Trinajstić information content (AvgIpc) is 3.57. The number of amides is 1. The van der Waals surface area contributed by atoms with Crippen LogP contribution < -0.4 is 15.4 Å². The maximum absolute atomic E-state index is 14.0. The number of nitrogen functional groups attached to an aromatic ring is 1. The van der Waals surface area contributed by atoms with Crippen LogP contribution in [-0.2, 0) is 37.0 Å². The minimum absolute atomic E-state index is 0.00588. The summed E-state index contributed by atoms with van der Waals surface area (Å²) in [6, 6.07) is 4.63. The zero-order chi connectivity index (χ0) is 28.9. The summed E-state index contributed by atoms with van der Waals surface area (Å²) >= 11 is 0. The van der Waals surface area contributed by atoms with Crippen molar-refractivity contribution in [3.05, 3.63) is 57.5 Å². The summed E-state index contributed by atoms with van der Waals surface area (Å²) in [6.07, 6.45) is -2.58. The molecule has 0 bridgehead atoms. The van der Waals surface area contributed by atoms with Crippen molar-refractivity contribution in [2.45, 2.75) is 64.6 Å². The van der Waals surface area contributed by atoms with E-state index in [9.17, 15) is 18.0 Å². The molecule has 1 aromatic carbocycles. The van der Waals surface area contributed by atoms with Crippen LogP contribution >= 0.6 is 0 Å². The zero-order valence-electron chi connectivity index (χ0n) is 23.0. The standard InChI is InChI=1S/C28H32F3N7O3/c1-16-10-17(32)11-19(24(16)28(29,30)31)23-13-21-20(15-41-23)25(34-27(33-21)40-2)37-8-5-9-38-18(14-37)12-22(35-38)26(39)36-6-3-4-7-36/h10-12,23H,3-9,13-15,32H2,1-2H3. The first kappa shape index (κ1) is 27.3. The molecule has 1 atom stereocenters. The zero-order valence-corrected chi connectivity index (χ0v) is 23.0. The molecule has 5 heterocycles. The molecule has 1 saturated heterocycles. The number of hydrogen-bond donors (Lipinski definition) is 1. The van der Waals surface area contributed by atoms with Gasteiger partial charge in [0.15, 0.2) is 5.69 Å². The third-order valence-corrected chi connectivity index (χ3v) is 7.99. The van der Waals surface area contributed by atoms with Crippen molar-refractivity contribution in [2.75, 3.05) is 37.4 Å². The molecule has 2 N–H and O–H groups in total. The first-order chi connectivity index (χ1) is 19.6. The van der Waals surface area contributed by atoms with Gasteiger partial charge >= 0.3 is 12.2 Å². The van der Waals surface area contributed by atoms with E-state index >= 15 is 0 Å². The fourth-order valence-corrected chi connectivity index (χ4v) is 6.10. The number of alkyl halides is 3. The Labute approximate surface area is 235 Å². The number of anilines is 2. The van der Waals surface area contributed by atoms with Crippen molar-refractivity contribution < 1.29 is 27.4 Å². The molecule has 1 unspecified atom stereocenters. The van der Waals surface area contributed by atoms with Crippen LogP contribution in [0.15, 0.2) is 18.2 Å². The number of likely N-dealkylation sites (tertiary alicyclic amines) is 1. The second kappa shape index (κ2) is 10.5. The summed E-state index contributed by atoms with van der Waals surface area (Å²) in [6.45, 7) is 4.68. The molecule has 0 aliphatic carbocycles. The Morgan fingerprint density at radius 1 is 1.10 bits per heavy atom. The average molecular weight is 572 g/mol. The number of nitrogens with zero attached hydrogens (tertiary/aromatic N) is 6. The molecule has 218 valence electrons. The molecular formula is C28H32F3N7O3. The largest absolute Gasteiger partial charge is 0.467 e. The van der Waals surface area contributed by atoms with E-state index in [-0.39, 0.29) is 41.8 Å². The molecule has 2 aromatic heterocycles. The maximum Gasteiger partial charge on any atom is 0.417 e. The molecule has 3 aliphatic heterocycles. The van der Waals surface area contributed by atoms with Gasteiger partial charge in [0.2, 0.25) is 0 Å². The number of nitrogens with two attached hydrogens (primary N) is 1. The summed E-state index contributed by atoms with van der Waals surface area (Å²) in [7, 11) is 1.46. The van der Waals surface area contributed by atoms with Crippen LogP contribution in [0.4, 0.5) is 24.7 Å². The molecule has 0 saturated carbocycles. The van der Waals surface area contributed by atoms with E-state index < -0.39 is 17.8 Å². The lowest BCUT2D eigenvalue weighted by Gasteiger charge is -2.31. The highest BCUT2D eigenvalue weighted by molar-refractivity contribution is 5.92. The molecule has 0 spiro atoms. The molecule has 1 amide bonds. The number of hydrogen-bond acceptors (Lipinski definition) is 8. The number of fused-ring (bicyclic) bond motifs is 2. The second-order valence-corrected chi connectivity index (χ2v) is 10.8. The molecule has 13 heteroatoms. The van der Waals surface area contributed by atoms with Gasteiger partial charge in [-0.2, -0.15) is 28.2 Å². The highest BCUT2D eigenvalue weighted by Gasteiger charge is 2.39. The van der Waals surface area contributed by atoms with Crippen molar-refractivity contribution in [3.63, 3.8) is 0 Å². The summed E-state index contributed by atoms with van der Waals surface area (Å²) in [5, 5.41) is 4.60. The fourth-order valence-electron chi connectivity index (χ4n) is 6.10. The molecule has 3 aromatic rings. The van der Waals surface area contributed by atoms with Gasteiger partial charge < -0.3 is 25.0 Å². The van der Waals surface area contributed by atoms with Crippen LogP contribution in [0, 0.1) is 6.92 Å². The smallest absolute Gasteiger partial charge is 0.417 e. The number of carbonyl (C=O) groups is 1. The lowest BCUT2D eigenvalue weighted by molar-refractivity contribution is -0.140. The number of ether oxygens (including phenoxy) is 2. The number of methoxy groups -OCH3 is 1. The molecule has 41 heavy (non-hydrogen) atoms. The molecule has 6 rings (SSSR count). The van der Waals surface area contributed by atoms with E-state index in [1.807, 2.05) is 15.6 Å². The lowest BCUT2D eigenvalue weighted by Crippen LogP contribution is -2.29. The van der Waals surface area contributed by atoms with Crippen molar-refractivity contribution in [1.29, 1.82) is 0 Å². The number of aryl methyl sites for hydroxylation is 2. The fraction of sp³-hybridized carbons (Fsp3) is 0.500. The first-order valence-electron chi connectivity index (χ1n) is 13.8. The van der Waals surface area contributed by atoms with Gasteiger partial charge in [0.05, 0.1) is 43.3 Å². The highest BCUT2D eigenvalue weighted by atomic mass is 19.4. The minimum Gasteiger partial charge on any atom is -0.467 e. The van der Waals surface area contributed by atoms with E-state index in [0.29, 0.717) is 42.4 Å². The SMILES string of the molecule is COc1nc2c(c(N3CCCn4nc(C(=O)N5CCCC5)cc4C3)n1)COC(c1cc(N)cc(C)c1C(F)(F)F)C2. The van der Waals surface area contributed by atoms with E-state index in [0.717, 1.165) is 38.0 Å². The van der Waals surface area contributed by atoms with E-state index in [1.165, 1.54) is 26.2 Å². The first-order valence-corrected chi connectivity index (χ1v) is 13.8. The Morgan fingerprint density at radius 3 is 2.61 bits per heavy atom. The summed E-state index contributed by atoms with van der Waals surface area (Å²) in [4.78, 5) is 26.0. The van der Waals surface area contributed by atoms with Crippen LogP contribution in [-0.4, -0.2) is 57.3 Å². The van der Waals surface area contributed by atoms with Gasteiger partial charge in [0.1, 0.15) is 5.82 Å². The summed E-state index contributed by atoms with van der Waals surface area (Å²) in [5.74, 6) is 0.553. The van der Waals surface area contributed by atoms with Gasteiger partial charge in [-0.05, 0) is 55.5 Å². The van der Waals surface area contributed by atoms with Crippen LogP contribution in [0.3, 0.4) is 0 Å².